The number of benzene rings is 1. The average Bonchev–Trinajstić information content (AvgIpc) is 2.77. The summed E-state index contributed by atoms with van der Waals surface area (Å²) in [7, 11) is 0. The second-order valence-corrected chi connectivity index (χ2v) is 8.43. The van der Waals surface area contributed by atoms with E-state index in [2.05, 4.69) is 20.2 Å². The molecule has 1 amide bonds. The van der Waals surface area contributed by atoms with Crippen molar-refractivity contribution in [1.29, 1.82) is 0 Å². The predicted octanol–water partition coefficient (Wildman–Crippen LogP) is 4.41. The summed E-state index contributed by atoms with van der Waals surface area (Å²) in [6.07, 6.45) is 2.53. The fraction of sp³-hybridized carbons (Fsp3) is 0.333. The molecule has 164 valence electrons. The van der Waals surface area contributed by atoms with Gasteiger partial charge in [0.05, 0.1) is 22.5 Å². The smallest absolute Gasteiger partial charge is 0.236 e. The number of carbonyl (C=O) groups is 1. The van der Waals surface area contributed by atoms with Crippen LogP contribution in [0.15, 0.2) is 48.7 Å². The highest BCUT2D eigenvalue weighted by atomic mass is 19.1. The highest BCUT2D eigenvalue weighted by Gasteiger charge is 2.53. The molecule has 2 aliphatic rings. The third-order valence-corrected chi connectivity index (χ3v) is 6.24. The Balaban J connectivity index is 1.46. The van der Waals surface area contributed by atoms with Crippen molar-refractivity contribution in [3.8, 4) is 0 Å². The SMILES string of the molecule is Cc1nccc(N2CCCc3nc(C4(C(=O)Nc5ccc(F)cc5)CC(F)C4)ccc32)n1. The third-order valence-electron chi connectivity index (χ3n) is 6.24. The van der Waals surface area contributed by atoms with Crippen LogP contribution in [-0.4, -0.2) is 33.6 Å². The number of hydrogen-bond acceptors (Lipinski definition) is 5. The van der Waals surface area contributed by atoms with Crippen LogP contribution in [0.4, 0.5) is 26.0 Å². The van der Waals surface area contributed by atoms with Gasteiger partial charge < -0.3 is 10.2 Å². The molecule has 3 heterocycles. The lowest BCUT2D eigenvalue weighted by molar-refractivity contribution is -0.127. The van der Waals surface area contributed by atoms with E-state index in [0.29, 0.717) is 17.2 Å². The van der Waals surface area contributed by atoms with Gasteiger partial charge in [-0.3, -0.25) is 9.78 Å². The summed E-state index contributed by atoms with van der Waals surface area (Å²) in [6, 6.07) is 11.2. The molecular weight excluding hydrogens is 412 g/mol. The minimum absolute atomic E-state index is 0.0840. The zero-order valence-electron chi connectivity index (χ0n) is 17.7. The molecule has 1 N–H and O–H groups in total. The zero-order chi connectivity index (χ0) is 22.3. The van der Waals surface area contributed by atoms with Gasteiger partial charge in [-0.15, -0.1) is 0 Å². The molecule has 2 aromatic heterocycles. The van der Waals surface area contributed by atoms with Gasteiger partial charge in [0, 0.05) is 18.4 Å². The maximum Gasteiger partial charge on any atom is 0.236 e. The Bertz CT molecular complexity index is 1160. The molecule has 1 aliphatic heterocycles. The molecule has 8 heteroatoms. The van der Waals surface area contributed by atoms with E-state index in [1.165, 1.54) is 24.3 Å². The van der Waals surface area contributed by atoms with Crippen molar-refractivity contribution in [3.05, 3.63) is 71.7 Å². The number of hydrogen-bond donors (Lipinski definition) is 1. The highest BCUT2D eigenvalue weighted by Crippen LogP contribution is 2.46. The number of nitrogens with one attached hydrogen (secondary N) is 1. The first-order valence-corrected chi connectivity index (χ1v) is 10.7. The number of pyridine rings is 1. The topological polar surface area (TPSA) is 71.0 Å². The van der Waals surface area contributed by atoms with Gasteiger partial charge in [-0.05, 0) is 75.1 Å². The van der Waals surface area contributed by atoms with Gasteiger partial charge in [-0.1, -0.05) is 0 Å². The summed E-state index contributed by atoms with van der Waals surface area (Å²) < 4.78 is 27.2. The number of fused-ring (bicyclic) bond motifs is 1. The van der Waals surface area contributed by atoms with Crippen molar-refractivity contribution in [3.63, 3.8) is 0 Å². The Kier molecular flexibility index (Phi) is 5.07. The van der Waals surface area contributed by atoms with Crippen LogP contribution in [0.3, 0.4) is 0 Å². The lowest BCUT2D eigenvalue weighted by atomic mass is 9.64. The summed E-state index contributed by atoms with van der Waals surface area (Å²) in [5, 5.41) is 2.81. The van der Waals surface area contributed by atoms with Crippen molar-refractivity contribution < 1.29 is 13.6 Å². The first-order valence-electron chi connectivity index (χ1n) is 10.7. The van der Waals surface area contributed by atoms with E-state index >= 15 is 0 Å². The molecule has 0 bridgehead atoms. The largest absolute Gasteiger partial charge is 0.325 e. The van der Waals surface area contributed by atoms with Crippen LogP contribution in [0.5, 0.6) is 0 Å². The first kappa shape index (κ1) is 20.5. The Hall–Kier alpha value is -3.42. The Morgan fingerprint density at radius 3 is 2.62 bits per heavy atom. The monoisotopic (exact) mass is 435 g/mol. The van der Waals surface area contributed by atoms with Crippen LogP contribution < -0.4 is 10.2 Å². The number of amides is 1. The fourth-order valence-corrected chi connectivity index (χ4v) is 4.54. The Morgan fingerprint density at radius 1 is 1.12 bits per heavy atom. The number of aryl methyl sites for hydroxylation is 2. The predicted molar refractivity (Wildman–Crippen MR) is 117 cm³/mol. The number of carbonyl (C=O) groups excluding carboxylic acids is 1. The van der Waals surface area contributed by atoms with E-state index in [1.807, 2.05) is 25.1 Å². The minimum atomic E-state index is -1.05. The van der Waals surface area contributed by atoms with E-state index in [9.17, 15) is 13.6 Å². The number of aromatic nitrogens is 3. The summed E-state index contributed by atoms with van der Waals surface area (Å²) in [5.41, 5.74) is 1.84. The quantitative estimate of drug-likeness (QED) is 0.657. The van der Waals surface area contributed by atoms with Crippen LogP contribution in [0.25, 0.3) is 0 Å². The minimum Gasteiger partial charge on any atom is -0.325 e. The van der Waals surface area contributed by atoms with Gasteiger partial charge in [-0.25, -0.2) is 18.7 Å². The molecule has 1 fully saturated rings. The van der Waals surface area contributed by atoms with Gasteiger partial charge in [-0.2, -0.15) is 0 Å². The van der Waals surface area contributed by atoms with Crippen LogP contribution in [0.2, 0.25) is 0 Å². The Morgan fingerprint density at radius 2 is 1.91 bits per heavy atom. The van der Waals surface area contributed by atoms with Gasteiger partial charge >= 0.3 is 0 Å². The zero-order valence-corrected chi connectivity index (χ0v) is 17.7. The van der Waals surface area contributed by atoms with E-state index in [4.69, 9.17) is 4.98 Å². The summed E-state index contributed by atoms with van der Waals surface area (Å²) >= 11 is 0. The summed E-state index contributed by atoms with van der Waals surface area (Å²) in [4.78, 5) is 28.8. The molecule has 0 unspecified atom stereocenters. The molecule has 0 atom stereocenters. The highest BCUT2D eigenvalue weighted by molar-refractivity contribution is 6.00. The lowest BCUT2D eigenvalue weighted by Crippen LogP contribution is -2.52. The molecule has 3 aromatic rings. The van der Waals surface area contributed by atoms with Gasteiger partial charge in [0.25, 0.3) is 0 Å². The third kappa shape index (κ3) is 3.59. The van der Waals surface area contributed by atoms with Crippen molar-refractivity contribution in [2.24, 2.45) is 0 Å². The van der Waals surface area contributed by atoms with Crippen LogP contribution in [0.1, 0.15) is 36.5 Å². The summed E-state index contributed by atoms with van der Waals surface area (Å²) in [5.74, 6) is 0.804. The molecule has 0 radical (unpaired) electrons. The van der Waals surface area contributed by atoms with Gasteiger partial charge in [0.15, 0.2) is 0 Å². The molecule has 1 aliphatic carbocycles. The molecular formula is C24H23F2N5O. The van der Waals surface area contributed by atoms with Crippen LogP contribution in [0, 0.1) is 12.7 Å². The average molecular weight is 435 g/mol. The van der Waals surface area contributed by atoms with Gasteiger partial charge in [0.2, 0.25) is 5.91 Å². The number of alkyl halides is 1. The normalized spacial score (nSPS) is 22.1. The van der Waals surface area contributed by atoms with E-state index < -0.39 is 11.6 Å². The van der Waals surface area contributed by atoms with E-state index in [0.717, 1.165) is 36.6 Å². The number of halogens is 2. The maximum atomic E-state index is 14.0. The number of anilines is 3. The van der Waals surface area contributed by atoms with Crippen molar-refractivity contribution in [2.75, 3.05) is 16.8 Å². The number of rotatable bonds is 4. The van der Waals surface area contributed by atoms with E-state index in [-0.39, 0.29) is 24.6 Å². The second-order valence-electron chi connectivity index (χ2n) is 8.43. The number of nitrogens with zero attached hydrogens (tertiary/aromatic N) is 4. The molecule has 6 nitrogen and oxygen atoms in total. The molecule has 32 heavy (non-hydrogen) atoms. The molecule has 1 saturated carbocycles. The first-order chi connectivity index (χ1) is 15.4. The maximum absolute atomic E-state index is 14.0. The van der Waals surface area contributed by atoms with Crippen molar-refractivity contribution in [2.45, 2.75) is 44.2 Å². The van der Waals surface area contributed by atoms with Crippen molar-refractivity contribution in [1.82, 2.24) is 15.0 Å². The van der Waals surface area contributed by atoms with Crippen molar-refractivity contribution >= 4 is 23.1 Å². The lowest BCUT2D eigenvalue weighted by Gasteiger charge is -2.42. The second kappa shape index (κ2) is 7.93. The fourth-order valence-electron chi connectivity index (χ4n) is 4.54. The molecule has 1 aromatic carbocycles. The molecule has 0 saturated heterocycles. The standard InChI is InChI=1S/C24H23F2N5O/c1-15-27-11-10-22(28-15)31-12-2-3-19-20(31)8-9-21(30-19)24(13-17(26)14-24)23(32)29-18-6-4-16(25)5-7-18/h4-11,17H,2-3,12-14H2,1H3,(H,29,32). The van der Waals surface area contributed by atoms with Gasteiger partial charge in [0.1, 0.15) is 23.6 Å². The summed E-state index contributed by atoms with van der Waals surface area (Å²) in [6.45, 7) is 2.66. The Labute approximate surface area is 184 Å². The van der Waals surface area contributed by atoms with Crippen LogP contribution in [-0.2, 0) is 16.6 Å². The molecule has 5 rings (SSSR count). The van der Waals surface area contributed by atoms with Crippen LogP contribution >= 0.6 is 0 Å². The molecule has 0 spiro atoms. The van der Waals surface area contributed by atoms with E-state index in [1.54, 1.807) is 6.20 Å².